The SMILES string of the molecule is CN=C(NCCC(=O)N1CCN(c2ccc(F)cc2)CC1)N1CCC(CC(=O)NC)CC1. The lowest BCUT2D eigenvalue weighted by molar-refractivity contribution is -0.131. The number of rotatable bonds is 6. The summed E-state index contributed by atoms with van der Waals surface area (Å²) in [4.78, 5) is 34.9. The summed E-state index contributed by atoms with van der Waals surface area (Å²) in [6.45, 7) is 5.10. The second kappa shape index (κ2) is 11.7. The lowest BCUT2D eigenvalue weighted by Crippen LogP contribution is -2.50. The first-order valence-corrected chi connectivity index (χ1v) is 11.4. The van der Waals surface area contributed by atoms with Gasteiger partial charge in [-0.3, -0.25) is 14.6 Å². The monoisotopic (exact) mass is 446 g/mol. The predicted octanol–water partition coefficient (Wildman–Crippen LogP) is 1.29. The van der Waals surface area contributed by atoms with Gasteiger partial charge in [-0.1, -0.05) is 0 Å². The number of carbonyl (C=O) groups is 2. The van der Waals surface area contributed by atoms with E-state index in [1.54, 1.807) is 26.2 Å². The largest absolute Gasteiger partial charge is 0.368 e. The fraction of sp³-hybridized carbons (Fsp3) is 0.609. The minimum Gasteiger partial charge on any atom is -0.368 e. The normalized spacial score (nSPS) is 18.0. The number of hydrogen-bond donors (Lipinski definition) is 2. The summed E-state index contributed by atoms with van der Waals surface area (Å²) in [5, 5.41) is 6.01. The highest BCUT2D eigenvalue weighted by Crippen LogP contribution is 2.20. The Morgan fingerprint density at radius 2 is 1.69 bits per heavy atom. The molecule has 0 radical (unpaired) electrons. The molecule has 0 saturated carbocycles. The van der Waals surface area contributed by atoms with Crippen molar-refractivity contribution < 1.29 is 14.0 Å². The molecule has 1 aromatic rings. The molecule has 1 aromatic carbocycles. The summed E-state index contributed by atoms with van der Waals surface area (Å²) < 4.78 is 13.1. The van der Waals surface area contributed by atoms with E-state index in [9.17, 15) is 14.0 Å². The number of carbonyl (C=O) groups excluding carboxylic acids is 2. The van der Waals surface area contributed by atoms with Crippen LogP contribution in [0, 0.1) is 11.7 Å². The molecule has 32 heavy (non-hydrogen) atoms. The number of nitrogens with one attached hydrogen (secondary N) is 2. The Labute approximate surface area is 189 Å². The zero-order chi connectivity index (χ0) is 22.9. The Hall–Kier alpha value is -2.84. The van der Waals surface area contributed by atoms with Gasteiger partial charge in [0.1, 0.15) is 5.82 Å². The second-order valence-corrected chi connectivity index (χ2v) is 8.38. The van der Waals surface area contributed by atoms with Crippen LogP contribution < -0.4 is 15.5 Å². The molecule has 2 heterocycles. The predicted molar refractivity (Wildman–Crippen MR) is 124 cm³/mol. The average Bonchev–Trinajstić information content (AvgIpc) is 2.83. The van der Waals surface area contributed by atoms with Crippen LogP contribution in [0.5, 0.6) is 0 Å². The van der Waals surface area contributed by atoms with Crippen molar-refractivity contribution >= 4 is 23.5 Å². The highest BCUT2D eigenvalue weighted by molar-refractivity contribution is 5.81. The van der Waals surface area contributed by atoms with E-state index in [-0.39, 0.29) is 17.6 Å². The van der Waals surface area contributed by atoms with Gasteiger partial charge in [0.25, 0.3) is 0 Å². The summed E-state index contributed by atoms with van der Waals surface area (Å²) in [5.74, 6) is 1.23. The maximum Gasteiger partial charge on any atom is 0.224 e. The van der Waals surface area contributed by atoms with Gasteiger partial charge < -0.3 is 25.3 Å². The van der Waals surface area contributed by atoms with E-state index in [0.717, 1.165) is 50.7 Å². The number of piperazine rings is 1. The summed E-state index contributed by atoms with van der Waals surface area (Å²) >= 11 is 0. The fourth-order valence-corrected chi connectivity index (χ4v) is 4.35. The van der Waals surface area contributed by atoms with Crippen LogP contribution in [0.1, 0.15) is 25.7 Å². The molecule has 0 bridgehead atoms. The van der Waals surface area contributed by atoms with Crippen molar-refractivity contribution in [2.75, 3.05) is 64.8 Å². The number of piperidine rings is 1. The summed E-state index contributed by atoms with van der Waals surface area (Å²) in [6.07, 6.45) is 2.93. The maximum absolute atomic E-state index is 13.1. The quantitative estimate of drug-likeness (QED) is 0.509. The molecular formula is C23H35FN6O2. The molecule has 0 atom stereocenters. The lowest BCUT2D eigenvalue weighted by atomic mass is 9.93. The fourth-order valence-electron chi connectivity index (χ4n) is 4.35. The molecular weight excluding hydrogens is 411 g/mol. The summed E-state index contributed by atoms with van der Waals surface area (Å²) in [5.41, 5.74) is 0.989. The van der Waals surface area contributed by atoms with Crippen molar-refractivity contribution in [3.05, 3.63) is 30.1 Å². The Kier molecular flexibility index (Phi) is 8.70. The number of halogens is 1. The van der Waals surface area contributed by atoms with E-state index in [2.05, 4.69) is 25.4 Å². The Bertz CT molecular complexity index is 784. The van der Waals surface area contributed by atoms with E-state index < -0.39 is 0 Å². The highest BCUT2D eigenvalue weighted by Gasteiger charge is 2.24. The van der Waals surface area contributed by atoms with Crippen LogP contribution in [0.2, 0.25) is 0 Å². The van der Waals surface area contributed by atoms with E-state index in [0.29, 0.717) is 38.4 Å². The average molecular weight is 447 g/mol. The van der Waals surface area contributed by atoms with E-state index >= 15 is 0 Å². The van der Waals surface area contributed by atoms with Crippen molar-refractivity contribution in [2.24, 2.45) is 10.9 Å². The van der Waals surface area contributed by atoms with E-state index in [1.165, 1.54) is 12.1 Å². The zero-order valence-electron chi connectivity index (χ0n) is 19.1. The Morgan fingerprint density at radius 1 is 1.03 bits per heavy atom. The summed E-state index contributed by atoms with van der Waals surface area (Å²) in [6, 6.07) is 6.50. The van der Waals surface area contributed by atoms with Gasteiger partial charge in [-0.05, 0) is 43.0 Å². The van der Waals surface area contributed by atoms with Gasteiger partial charge in [-0.2, -0.15) is 0 Å². The van der Waals surface area contributed by atoms with Crippen molar-refractivity contribution in [3.63, 3.8) is 0 Å². The molecule has 0 spiro atoms. The molecule has 2 fully saturated rings. The number of amides is 2. The van der Waals surface area contributed by atoms with Crippen LogP contribution in [0.4, 0.5) is 10.1 Å². The van der Waals surface area contributed by atoms with E-state index in [1.807, 2.05) is 4.90 Å². The topological polar surface area (TPSA) is 80.3 Å². The van der Waals surface area contributed by atoms with Crippen LogP contribution in [-0.2, 0) is 9.59 Å². The van der Waals surface area contributed by atoms with Crippen LogP contribution in [0.3, 0.4) is 0 Å². The standard InChI is InChI=1S/C23H35FN6O2/c1-25-21(31)17-18-8-11-30(12-9-18)23(26-2)27-10-7-22(32)29-15-13-28(14-16-29)20-5-3-19(24)4-6-20/h3-6,18H,7-17H2,1-2H3,(H,25,31)(H,26,27). The van der Waals surface area contributed by atoms with Gasteiger partial charge in [0, 0.05) is 78.4 Å². The minimum absolute atomic E-state index is 0.1000. The number of nitrogens with zero attached hydrogens (tertiary/aromatic N) is 4. The number of anilines is 1. The Morgan fingerprint density at radius 3 is 2.28 bits per heavy atom. The molecule has 2 saturated heterocycles. The van der Waals surface area contributed by atoms with Crippen molar-refractivity contribution in [3.8, 4) is 0 Å². The van der Waals surface area contributed by atoms with Gasteiger partial charge >= 0.3 is 0 Å². The lowest BCUT2D eigenvalue weighted by Gasteiger charge is -2.36. The molecule has 176 valence electrons. The third-order valence-corrected chi connectivity index (χ3v) is 6.32. The van der Waals surface area contributed by atoms with Gasteiger partial charge in [-0.15, -0.1) is 0 Å². The van der Waals surface area contributed by atoms with E-state index in [4.69, 9.17) is 0 Å². The molecule has 2 amide bonds. The van der Waals surface area contributed by atoms with Crippen LogP contribution in [-0.4, -0.2) is 87.5 Å². The van der Waals surface area contributed by atoms with Crippen molar-refractivity contribution in [2.45, 2.75) is 25.7 Å². The number of hydrogen-bond acceptors (Lipinski definition) is 4. The minimum atomic E-state index is -0.238. The van der Waals surface area contributed by atoms with Crippen molar-refractivity contribution in [1.29, 1.82) is 0 Å². The van der Waals surface area contributed by atoms with Gasteiger partial charge in [0.2, 0.25) is 11.8 Å². The first kappa shape index (κ1) is 23.8. The molecule has 0 aliphatic carbocycles. The molecule has 9 heteroatoms. The molecule has 2 aliphatic rings. The highest BCUT2D eigenvalue weighted by atomic mass is 19.1. The number of aliphatic imine (C=N–C) groups is 1. The zero-order valence-corrected chi connectivity index (χ0v) is 19.1. The number of guanidine groups is 1. The molecule has 3 rings (SSSR count). The molecule has 2 N–H and O–H groups in total. The maximum atomic E-state index is 13.1. The van der Waals surface area contributed by atoms with Gasteiger partial charge in [0.15, 0.2) is 5.96 Å². The second-order valence-electron chi connectivity index (χ2n) is 8.38. The molecule has 2 aliphatic heterocycles. The molecule has 8 nitrogen and oxygen atoms in total. The molecule has 0 unspecified atom stereocenters. The first-order valence-electron chi connectivity index (χ1n) is 11.4. The first-order chi connectivity index (χ1) is 15.5. The van der Waals surface area contributed by atoms with Crippen LogP contribution in [0.15, 0.2) is 29.3 Å². The summed E-state index contributed by atoms with van der Waals surface area (Å²) in [7, 11) is 3.44. The third-order valence-electron chi connectivity index (χ3n) is 6.32. The number of likely N-dealkylation sites (tertiary alicyclic amines) is 1. The smallest absolute Gasteiger partial charge is 0.224 e. The van der Waals surface area contributed by atoms with Gasteiger partial charge in [-0.25, -0.2) is 4.39 Å². The number of benzene rings is 1. The van der Waals surface area contributed by atoms with Gasteiger partial charge in [0.05, 0.1) is 0 Å². The van der Waals surface area contributed by atoms with Crippen LogP contribution >= 0.6 is 0 Å². The van der Waals surface area contributed by atoms with Crippen LogP contribution in [0.25, 0.3) is 0 Å². The third kappa shape index (κ3) is 6.58. The Balaban J connectivity index is 1.36. The molecule has 0 aromatic heterocycles. The van der Waals surface area contributed by atoms with Crippen molar-refractivity contribution in [1.82, 2.24) is 20.4 Å².